The first-order chi connectivity index (χ1) is 19.0. The van der Waals surface area contributed by atoms with Gasteiger partial charge >= 0.3 is 5.97 Å². The molecule has 0 radical (unpaired) electrons. The predicted octanol–water partition coefficient (Wildman–Crippen LogP) is 5.22. The van der Waals surface area contributed by atoms with Crippen LogP contribution in [-0.2, 0) is 20.7 Å². The van der Waals surface area contributed by atoms with Crippen LogP contribution in [0.3, 0.4) is 0 Å². The van der Waals surface area contributed by atoms with Crippen LogP contribution in [0.2, 0.25) is 0 Å². The van der Waals surface area contributed by atoms with Crippen LogP contribution in [0.5, 0.6) is 0 Å². The number of esters is 1. The van der Waals surface area contributed by atoms with Crippen molar-refractivity contribution in [2.24, 2.45) is 5.92 Å². The standard InChI is InChI=1S/C30H37FN4O4/c1-2-38-28(36)18-23(19-35-15-14-21-17-22(31)12-13-26(21)35)32-29(37)25(16-20-8-4-3-5-9-20)34-30-33-24-10-6-7-11-27(24)39-30/h6-7,10-13,17,20,23,25H,2-5,8-9,14-16,18-19H2,1H3,(H,32,37)(H,33,34). The molecule has 2 aliphatic rings. The van der Waals surface area contributed by atoms with E-state index in [1.54, 1.807) is 19.1 Å². The Hall–Kier alpha value is -3.62. The van der Waals surface area contributed by atoms with E-state index < -0.39 is 12.1 Å². The summed E-state index contributed by atoms with van der Waals surface area (Å²) >= 11 is 0. The molecule has 2 heterocycles. The van der Waals surface area contributed by atoms with Crippen molar-refractivity contribution in [3.05, 3.63) is 53.8 Å². The molecule has 39 heavy (non-hydrogen) atoms. The van der Waals surface area contributed by atoms with Crippen molar-refractivity contribution in [1.82, 2.24) is 10.3 Å². The van der Waals surface area contributed by atoms with Crippen LogP contribution in [0.1, 0.15) is 57.4 Å². The Morgan fingerprint density at radius 3 is 2.79 bits per heavy atom. The summed E-state index contributed by atoms with van der Waals surface area (Å²) < 4.78 is 24.8. The van der Waals surface area contributed by atoms with Gasteiger partial charge in [-0.3, -0.25) is 9.59 Å². The summed E-state index contributed by atoms with van der Waals surface area (Å²) in [6.45, 7) is 3.15. The first-order valence-electron chi connectivity index (χ1n) is 14.1. The van der Waals surface area contributed by atoms with Gasteiger partial charge in [0, 0.05) is 18.8 Å². The average Bonchev–Trinajstić information content (AvgIpc) is 3.52. The van der Waals surface area contributed by atoms with Crippen LogP contribution < -0.4 is 15.5 Å². The van der Waals surface area contributed by atoms with Gasteiger partial charge in [0.25, 0.3) is 6.01 Å². The van der Waals surface area contributed by atoms with Crippen molar-refractivity contribution in [3.8, 4) is 0 Å². The maximum atomic E-state index is 13.8. The molecule has 0 saturated heterocycles. The molecule has 1 aromatic heterocycles. The lowest BCUT2D eigenvalue weighted by molar-refractivity contribution is -0.143. The first-order valence-corrected chi connectivity index (χ1v) is 14.1. The number of anilines is 2. The van der Waals surface area contributed by atoms with Crippen LogP contribution >= 0.6 is 0 Å². The third-order valence-corrected chi connectivity index (χ3v) is 7.74. The lowest BCUT2D eigenvalue weighted by Crippen LogP contribution is -2.50. The number of para-hydroxylation sites is 2. The number of halogens is 1. The largest absolute Gasteiger partial charge is 0.466 e. The van der Waals surface area contributed by atoms with Gasteiger partial charge in [0.15, 0.2) is 5.58 Å². The van der Waals surface area contributed by atoms with Crippen molar-refractivity contribution in [2.75, 3.05) is 29.9 Å². The SMILES string of the molecule is CCOC(=O)CC(CN1CCc2cc(F)ccc21)NC(=O)C(CC1CCCCC1)Nc1nc2ccccc2o1. The van der Waals surface area contributed by atoms with Crippen molar-refractivity contribution < 1.29 is 23.1 Å². The number of rotatable bonds is 11. The second-order valence-corrected chi connectivity index (χ2v) is 10.6. The predicted molar refractivity (Wildman–Crippen MR) is 148 cm³/mol. The Morgan fingerprint density at radius 1 is 1.18 bits per heavy atom. The highest BCUT2D eigenvalue weighted by Gasteiger charge is 2.30. The number of amides is 1. The number of oxazole rings is 1. The van der Waals surface area contributed by atoms with Gasteiger partial charge in [-0.15, -0.1) is 0 Å². The summed E-state index contributed by atoms with van der Waals surface area (Å²) in [5.41, 5.74) is 3.24. The third-order valence-electron chi connectivity index (χ3n) is 7.74. The van der Waals surface area contributed by atoms with Crippen molar-refractivity contribution >= 4 is 34.7 Å². The Morgan fingerprint density at radius 2 is 2.00 bits per heavy atom. The highest BCUT2D eigenvalue weighted by Crippen LogP contribution is 2.30. The van der Waals surface area contributed by atoms with E-state index in [1.807, 2.05) is 24.3 Å². The van der Waals surface area contributed by atoms with Crippen LogP contribution in [0.15, 0.2) is 46.9 Å². The molecule has 5 rings (SSSR count). The lowest BCUT2D eigenvalue weighted by Gasteiger charge is -2.30. The minimum atomic E-state index is -0.564. The quantitative estimate of drug-likeness (QED) is 0.325. The molecule has 0 spiro atoms. The molecule has 9 heteroatoms. The van der Waals surface area contributed by atoms with Gasteiger partial charge in [-0.25, -0.2) is 4.39 Å². The molecule has 1 amide bonds. The number of aromatic nitrogens is 1. The van der Waals surface area contributed by atoms with E-state index in [-0.39, 0.29) is 30.7 Å². The topological polar surface area (TPSA) is 96.7 Å². The fourth-order valence-corrected chi connectivity index (χ4v) is 5.85. The molecule has 1 fully saturated rings. The van der Waals surface area contributed by atoms with Gasteiger partial charge in [-0.2, -0.15) is 4.98 Å². The second kappa shape index (κ2) is 12.5. The molecule has 1 aliphatic carbocycles. The molecular weight excluding hydrogens is 499 g/mol. The summed E-state index contributed by atoms with van der Waals surface area (Å²) in [4.78, 5) is 32.9. The molecule has 208 valence electrons. The fourth-order valence-electron chi connectivity index (χ4n) is 5.85. The van der Waals surface area contributed by atoms with E-state index in [0.29, 0.717) is 37.0 Å². The summed E-state index contributed by atoms with van der Waals surface area (Å²) in [6.07, 6.45) is 7.17. The highest BCUT2D eigenvalue weighted by molar-refractivity contribution is 5.85. The molecule has 0 bridgehead atoms. The number of carbonyl (C=O) groups is 2. The van der Waals surface area contributed by atoms with E-state index in [4.69, 9.17) is 9.15 Å². The summed E-state index contributed by atoms with van der Waals surface area (Å²) in [7, 11) is 0. The van der Waals surface area contributed by atoms with Crippen molar-refractivity contribution in [3.63, 3.8) is 0 Å². The van der Waals surface area contributed by atoms with Crippen molar-refractivity contribution in [1.29, 1.82) is 0 Å². The van der Waals surface area contributed by atoms with Crippen molar-refractivity contribution in [2.45, 2.75) is 70.4 Å². The van der Waals surface area contributed by atoms with Gasteiger partial charge < -0.3 is 24.7 Å². The summed E-state index contributed by atoms with van der Waals surface area (Å²) in [6, 6.07) is 11.5. The second-order valence-electron chi connectivity index (χ2n) is 10.6. The molecule has 8 nitrogen and oxygen atoms in total. The molecule has 2 atom stereocenters. The van der Waals surface area contributed by atoms with E-state index >= 15 is 0 Å². The number of ether oxygens (including phenoxy) is 1. The van der Waals surface area contributed by atoms with Gasteiger partial charge in [0.1, 0.15) is 17.4 Å². The van der Waals surface area contributed by atoms with Gasteiger partial charge in [-0.1, -0.05) is 44.2 Å². The van der Waals surface area contributed by atoms with E-state index in [0.717, 1.165) is 36.0 Å². The zero-order valence-electron chi connectivity index (χ0n) is 22.5. The summed E-state index contributed by atoms with van der Waals surface area (Å²) in [5.74, 6) is -0.397. The number of nitrogens with one attached hydrogen (secondary N) is 2. The Kier molecular flexibility index (Phi) is 8.64. The zero-order valence-corrected chi connectivity index (χ0v) is 22.5. The van der Waals surface area contributed by atoms with Gasteiger partial charge in [0.05, 0.1) is 19.1 Å². The highest BCUT2D eigenvalue weighted by atomic mass is 19.1. The maximum absolute atomic E-state index is 13.8. The molecule has 3 aromatic rings. The maximum Gasteiger partial charge on any atom is 0.307 e. The summed E-state index contributed by atoms with van der Waals surface area (Å²) in [5, 5.41) is 6.39. The monoisotopic (exact) mass is 536 g/mol. The van der Waals surface area contributed by atoms with Crippen LogP contribution in [0, 0.1) is 11.7 Å². The molecular formula is C30H37FN4O4. The fraction of sp³-hybridized carbons (Fsp3) is 0.500. The van der Waals surface area contributed by atoms with E-state index in [2.05, 4.69) is 20.5 Å². The Balaban J connectivity index is 1.33. The first kappa shape index (κ1) is 27.0. The van der Waals surface area contributed by atoms with E-state index in [9.17, 15) is 14.0 Å². The Labute approximate surface area is 228 Å². The molecule has 2 unspecified atom stereocenters. The van der Waals surface area contributed by atoms with Crippen LogP contribution in [0.4, 0.5) is 16.1 Å². The number of carbonyl (C=O) groups excluding carboxylic acids is 2. The average molecular weight is 537 g/mol. The Bertz CT molecular complexity index is 1260. The zero-order chi connectivity index (χ0) is 27.2. The lowest BCUT2D eigenvalue weighted by atomic mass is 9.84. The molecule has 1 saturated carbocycles. The number of hydrogen-bond acceptors (Lipinski definition) is 7. The third kappa shape index (κ3) is 6.88. The number of hydrogen-bond donors (Lipinski definition) is 2. The van der Waals surface area contributed by atoms with E-state index in [1.165, 1.54) is 25.3 Å². The smallest absolute Gasteiger partial charge is 0.307 e. The van der Waals surface area contributed by atoms with Crippen LogP contribution in [-0.4, -0.2) is 48.6 Å². The normalized spacial score (nSPS) is 17.0. The van der Waals surface area contributed by atoms with Gasteiger partial charge in [0.2, 0.25) is 5.91 Å². The number of fused-ring (bicyclic) bond motifs is 2. The van der Waals surface area contributed by atoms with Crippen LogP contribution in [0.25, 0.3) is 11.1 Å². The minimum absolute atomic E-state index is 0.0473. The number of nitrogens with zero attached hydrogens (tertiary/aromatic N) is 2. The number of benzene rings is 2. The molecule has 2 N–H and O–H groups in total. The molecule has 2 aromatic carbocycles. The minimum Gasteiger partial charge on any atom is -0.466 e. The van der Waals surface area contributed by atoms with Gasteiger partial charge in [-0.05, 0) is 61.6 Å². The molecule has 1 aliphatic heterocycles.